The molecule has 178 valence electrons. The van der Waals surface area contributed by atoms with Crippen molar-refractivity contribution in [1.82, 2.24) is 25.0 Å². The van der Waals surface area contributed by atoms with Crippen LogP contribution in [0.4, 0.5) is 19.0 Å². The van der Waals surface area contributed by atoms with Crippen molar-refractivity contribution in [2.45, 2.75) is 19.4 Å². The number of aromatic carboxylic acids is 1. The molecule has 0 saturated carbocycles. The number of carboxylic acid groups (broad SMARTS) is 1. The quantitative estimate of drug-likeness (QED) is 0.269. The first kappa shape index (κ1) is 24.4. The molecular formula is C19H17F3N8O3S. The number of aromatic nitrogens is 5. The van der Waals surface area contributed by atoms with Gasteiger partial charge in [0, 0.05) is 17.9 Å². The number of alkyl halides is 2. The molecule has 3 aromatic heterocycles. The number of benzene rings is 1. The summed E-state index contributed by atoms with van der Waals surface area (Å²) >= 11 is 1.12. The highest BCUT2D eigenvalue weighted by atomic mass is 32.1. The summed E-state index contributed by atoms with van der Waals surface area (Å²) in [6.07, 6.45) is 2.41. The van der Waals surface area contributed by atoms with Crippen LogP contribution < -0.4 is 11.5 Å². The third kappa shape index (κ3) is 6.38. The second-order valence-electron chi connectivity index (χ2n) is 6.63. The van der Waals surface area contributed by atoms with Crippen LogP contribution in [-0.4, -0.2) is 42.0 Å². The standard InChI is InChI=1S/C10H6FNO3.C9H11F2N7S/c11-7-3-1-6(2-4-7)9-8(10(13)14)12-5-15-9;1-9(10,11)5-4-19-7(15-5)3-18-14-2-6(17-18)16-8(12)13/h1-5H,(H,13,14);2,4H,3H2,1H3,(H4,12,13,16,17). The molecule has 0 atom stereocenters. The average molecular weight is 494 g/mol. The van der Waals surface area contributed by atoms with Gasteiger partial charge < -0.3 is 21.0 Å². The molecule has 0 aliphatic rings. The molecule has 0 bridgehead atoms. The average Bonchev–Trinajstić information content (AvgIpc) is 3.49. The van der Waals surface area contributed by atoms with Crippen molar-refractivity contribution < 1.29 is 27.5 Å². The van der Waals surface area contributed by atoms with E-state index in [2.05, 4.69) is 25.2 Å². The van der Waals surface area contributed by atoms with E-state index in [-0.39, 0.29) is 35.5 Å². The highest BCUT2D eigenvalue weighted by molar-refractivity contribution is 7.09. The van der Waals surface area contributed by atoms with Gasteiger partial charge in [-0.15, -0.1) is 16.4 Å². The number of oxazole rings is 1. The van der Waals surface area contributed by atoms with Crippen LogP contribution in [0.2, 0.25) is 0 Å². The Morgan fingerprint density at radius 1 is 1.29 bits per heavy atom. The molecule has 1 aromatic carbocycles. The largest absolute Gasteiger partial charge is 0.476 e. The molecule has 0 unspecified atom stereocenters. The van der Waals surface area contributed by atoms with Gasteiger partial charge in [0.2, 0.25) is 0 Å². The number of nitrogens with zero attached hydrogens (tertiary/aromatic N) is 6. The number of carbonyl (C=O) groups is 1. The molecule has 15 heteroatoms. The van der Waals surface area contributed by atoms with Crippen LogP contribution in [0.15, 0.2) is 51.6 Å². The van der Waals surface area contributed by atoms with Gasteiger partial charge in [-0.05, 0) is 24.3 Å². The molecule has 0 radical (unpaired) electrons. The van der Waals surface area contributed by atoms with Crippen LogP contribution in [0.3, 0.4) is 0 Å². The number of aliphatic imine (C=N–C) groups is 1. The lowest BCUT2D eigenvalue weighted by atomic mass is 10.1. The maximum absolute atomic E-state index is 13.0. The number of nitrogens with two attached hydrogens (primary N) is 2. The molecule has 0 spiro atoms. The molecule has 4 aromatic rings. The molecule has 4 rings (SSSR count). The van der Waals surface area contributed by atoms with Gasteiger partial charge >= 0.3 is 5.97 Å². The summed E-state index contributed by atoms with van der Waals surface area (Å²) in [6, 6.07) is 5.32. The third-order valence-corrected chi connectivity index (χ3v) is 4.76. The molecule has 11 nitrogen and oxygen atoms in total. The van der Waals surface area contributed by atoms with E-state index < -0.39 is 17.7 Å². The second-order valence-corrected chi connectivity index (χ2v) is 7.57. The molecule has 0 fully saturated rings. The molecule has 0 amide bonds. The Balaban J connectivity index is 0.000000196. The van der Waals surface area contributed by atoms with Crippen LogP contribution in [0.1, 0.15) is 28.1 Å². The first-order valence-corrected chi connectivity index (χ1v) is 10.2. The number of hydrogen-bond acceptors (Lipinski definition) is 8. The third-order valence-electron chi connectivity index (χ3n) is 3.92. The van der Waals surface area contributed by atoms with E-state index in [0.717, 1.165) is 24.7 Å². The van der Waals surface area contributed by atoms with E-state index in [9.17, 15) is 18.0 Å². The van der Waals surface area contributed by atoms with Gasteiger partial charge in [-0.1, -0.05) is 0 Å². The van der Waals surface area contributed by atoms with Gasteiger partial charge in [0.15, 0.2) is 29.6 Å². The monoisotopic (exact) mass is 494 g/mol. The lowest BCUT2D eigenvalue weighted by Crippen LogP contribution is -2.21. The van der Waals surface area contributed by atoms with Crippen molar-refractivity contribution in [2.75, 3.05) is 0 Å². The minimum atomic E-state index is -2.95. The summed E-state index contributed by atoms with van der Waals surface area (Å²) in [4.78, 5) is 23.1. The molecule has 3 heterocycles. The maximum Gasteiger partial charge on any atom is 0.358 e. The summed E-state index contributed by atoms with van der Waals surface area (Å²) in [6.45, 7) is 0.982. The van der Waals surface area contributed by atoms with Crippen LogP contribution in [-0.2, 0) is 12.5 Å². The highest BCUT2D eigenvalue weighted by Crippen LogP contribution is 2.28. The molecule has 0 aliphatic heterocycles. The van der Waals surface area contributed by atoms with Crippen LogP contribution >= 0.6 is 11.3 Å². The van der Waals surface area contributed by atoms with Gasteiger partial charge in [0.25, 0.3) is 5.92 Å². The van der Waals surface area contributed by atoms with Crippen LogP contribution in [0.25, 0.3) is 11.3 Å². The summed E-state index contributed by atoms with van der Waals surface area (Å²) in [5.74, 6) is -4.28. The SMILES string of the molecule is CC(F)(F)c1csc(Cn2ncc(N=C(N)N)n2)n1.O=C(O)c1ncoc1-c1ccc(F)cc1. The Hall–Kier alpha value is -4.27. The summed E-state index contributed by atoms with van der Waals surface area (Å²) in [7, 11) is 0. The lowest BCUT2D eigenvalue weighted by molar-refractivity contribution is 0.0132. The maximum atomic E-state index is 13.0. The summed E-state index contributed by atoms with van der Waals surface area (Å²) < 4.78 is 43.6. The van der Waals surface area contributed by atoms with Gasteiger partial charge in [0.05, 0.1) is 6.20 Å². The van der Waals surface area contributed by atoms with Crippen molar-refractivity contribution >= 4 is 29.1 Å². The fourth-order valence-electron chi connectivity index (χ4n) is 2.46. The number of hydrogen-bond donors (Lipinski definition) is 3. The first-order valence-electron chi connectivity index (χ1n) is 9.28. The smallest absolute Gasteiger partial charge is 0.358 e. The van der Waals surface area contributed by atoms with E-state index in [1.807, 2.05) is 0 Å². The zero-order valence-electron chi connectivity index (χ0n) is 17.4. The molecular weight excluding hydrogens is 477 g/mol. The fraction of sp³-hybridized carbons (Fsp3) is 0.158. The predicted molar refractivity (Wildman–Crippen MR) is 115 cm³/mol. The zero-order valence-corrected chi connectivity index (χ0v) is 18.2. The van der Waals surface area contributed by atoms with Crippen molar-refractivity contribution in [3.8, 4) is 11.3 Å². The topological polar surface area (TPSA) is 171 Å². The van der Waals surface area contributed by atoms with E-state index in [4.69, 9.17) is 21.0 Å². The zero-order chi connectivity index (χ0) is 24.9. The van der Waals surface area contributed by atoms with Gasteiger partial charge in [-0.3, -0.25) is 0 Å². The van der Waals surface area contributed by atoms with Crippen molar-refractivity contribution in [3.63, 3.8) is 0 Å². The lowest BCUT2D eigenvalue weighted by Gasteiger charge is -2.04. The van der Waals surface area contributed by atoms with Crippen molar-refractivity contribution in [2.24, 2.45) is 16.5 Å². The second kappa shape index (κ2) is 10.1. The summed E-state index contributed by atoms with van der Waals surface area (Å²) in [5, 5.41) is 18.4. The molecule has 0 saturated heterocycles. The highest BCUT2D eigenvalue weighted by Gasteiger charge is 2.27. The van der Waals surface area contributed by atoms with Crippen LogP contribution in [0.5, 0.6) is 0 Å². The van der Waals surface area contributed by atoms with Gasteiger partial charge in [0.1, 0.15) is 23.1 Å². The van der Waals surface area contributed by atoms with Crippen LogP contribution in [0, 0.1) is 5.82 Å². The predicted octanol–water partition coefficient (Wildman–Crippen LogP) is 2.98. The Labute approximate surface area is 193 Å². The number of carboxylic acids is 1. The Morgan fingerprint density at radius 3 is 2.59 bits per heavy atom. The Bertz CT molecular complexity index is 1290. The van der Waals surface area contributed by atoms with E-state index in [0.29, 0.717) is 10.6 Å². The number of thiazole rings is 1. The minimum Gasteiger partial charge on any atom is -0.476 e. The molecule has 34 heavy (non-hydrogen) atoms. The molecule has 0 aliphatic carbocycles. The number of halogens is 3. The van der Waals surface area contributed by atoms with Crippen molar-refractivity contribution in [3.05, 3.63) is 64.4 Å². The number of guanidine groups is 1. The normalized spacial score (nSPS) is 10.9. The number of rotatable bonds is 6. The van der Waals surface area contributed by atoms with Crippen molar-refractivity contribution in [1.29, 1.82) is 0 Å². The van der Waals surface area contributed by atoms with E-state index in [1.165, 1.54) is 40.6 Å². The fourth-order valence-corrected chi connectivity index (χ4v) is 3.31. The minimum absolute atomic E-state index is 0.127. The van der Waals surface area contributed by atoms with E-state index in [1.54, 1.807) is 0 Å². The molecule has 5 N–H and O–H groups in total. The van der Waals surface area contributed by atoms with E-state index >= 15 is 0 Å². The van der Waals surface area contributed by atoms with Gasteiger partial charge in [-0.25, -0.2) is 19.2 Å². The van der Waals surface area contributed by atoms with Gasteiger partial charge in [-0.2, -0.15) is 23.7 Å². The summed E-state index contributed by atoms with van der Waals surface area (Å²) in [5.41, 5.74) is 10.4. The first-order chi connectivity index (χ1) is 16.0. The Morgan fingerprint density at radius 2 is 2.00 bits per heavy atom. The Kier molecular flexibility index (Phi) is 7.25.